The van der Waals surface area contributed by atoms with Gasteiger partial charge in [-0.2, -0.15) is 0 Å². The molecule has 3 aliphatic rings. The van der Waals surface area contributed by atoms with Gasteiger partial charge in [0.05, 0.1) is 0 Å². The fraction of sp³-hybridized carbons (Fsp3) is 0.882. The van der Waals surface area contributed by atoms with Crippen LogP contribution in [0.5, 0.6) is 0 Å². The van der Waals surface area contributed by atoms with Crippen LogP contribution in [-0.2, 0) is 9.59 Å². The molecule has 3 unspecified atom stereocenters. The van der Waals surface area contributed by atoms with Crippen LogP contribution in [0, 0.1) is 5.92 Å². The van der Waals surface area contributed by atoms with Crippen LogP contribution in [0.4, 0.5) is 0 Å². The molecule has 1 heterocycles. The molecule has 0 aromatic carbocycles. The van der Waals surface area contributed by atoms with Crippen molar-refractivity contribution in [1.29, 1.82) is 0 Å². The van der Waals surface area contributed by atoms with Crippen LogP contribution < -0.4 is 5.32 Å². The van der Waals surface area contributed by atoms with E-state index in [4.69, 9.17) is 0 Å². The van der Waals surface area contributed by atoms with Gasteiger partial charge >= 0.3 is 0 Å². The normalized spacial score (nSPS) is 36.7. The smallest absolute Gasteiger partial charge is 0.249 e. The fourth-order valence-electron chi connectivity index (χ4n) is 4.59. The molecule has 118 valence electrons. The maximum atomic E-state index is 13.2. The molecule has 3 fully saturated rings. The summed E-state index contributed by atoms with van der Waals surface area (Å²) in [6, 6.07) is -0.0622. The van der Waals surface area contributed by atoms with E-state index in [1.165, 1.54) is 25.7 Å². The van der Waals surface area contributed by atoms with Gasteiger partial charge < -0.3 is 10.2 Å². The molecule has 1 saturated heterocycles. The Balaban J connectivity index is 1.90. The van der Waals surface area contributed by atoms with Gasteiger partial charge in [-0.05, 0) is 38.5 Å². The molecule has 1 aliphatic heterocycles. The summed E-state index contributed by atoms with van der Waals surface area (Å²) in [5.41, 5.74) is -0.574. The molecule has 4 heteroatoms. The summed E-state index contributed by atoms with van der Waals surface area (Å²) in [4.78, 5) is 27.6. The van der Waals surface area contributed by atoms with Gasteiger partial charge in [-0.15, -0.1) is 0 Å². The lowest BCUT2D eigenvalue weighted by Gasteiger charge is -2.48. The van der Waals surface area contributed by atoms with Crippen molar-refractivity contribution in [3.05, 3.63) is 0 Å². The SMILES string of the molecule is CC1CCCCCC1N1C(=O)C2(CCCC2)NC(=O)C1C. The zero-order valence-electron chi connectivity index (χ0n) is 13.4. The number of hydrogen-bond acceptors (Lipinski definition) is 2. The highest BCUT2D eigenvalue weighted by Gasteiger charge is 2.52. The highest BCUT2D eigenvalue weighted by atomic mass is 16.2. The summed E-state index contributed by atoms with van der Waals surface area (Å²) in [7, 11) is 0. The van der Waals surface area contributed by atoms with Gasteiger partial charge in [-0.3, -0.25) is 9.59 Å². The van der Waals surface area contributed by atoms with Gasteiger partial charge in [0.25, 0.3) is 0 Å². The number of amides is 2. The second-order valence-corrected chi connectivity index (χ2v) is 7.35. The van der Waals surface area contributed by atoms with Crippen LogP contribution in [0.15, 0.2) is 0 Å². The molecule has 2 amide bonds. The Morgan fingerprint density at radius 2 is 1.67 bits per heavy atom. The summed E-state index contributed by atoms with van der Waals surface area (Å²) in [5.74, 6) is 0.752. The van der Waals surface area contributed by atoms with Gasteiger partial charge in [0.1, 0.15) is 11.6 Å². The summed E-state index contributed by atoms with van der Waals surface area (Å²) in [6.45, 7) is 4.15. The molecule has 2 saturated carbocycles. The van der Waals surface area contributed by atoms with Crippen LogP contribution in [0.1, 0.15) is 71.6 Å². The van der Waals surface area contributed by atoms with E-state index < -0.39 is 5.54 Å². The highest BCUT2D eigenvalue weighted by molar-refractivity contribution is 6.00. The second-order valence-electron chi connectivity index (χ2n) is 7.35. The molecule has 0 aromatic heterocycles. The Bertz CT molecular complexity index is 429. The highest BCUT2D eigenvalue weighted by Crippen LogP contribution is 2.38. The first-order valence-corrected chi connectivity index (χ1v) is 8.70. The van der Waals surface area contributed by atoms with Crippen LogP contribution in [0.2, 0.25) is 0 Å². The number of piperazine rings is 1. The number of carbonyl (C=O) groups is 2. The summed E-state index contributed by atoms with van der Waals surface area (Å²) >= 11 is 0. The standard InChI is InChI=1S/C17H28N2O2/c1-12-8-4-3-5-9-14(12)19-13(2)15(20)18-17(16(19)21)10-6-7-11-17/h12-14H,3-11H2,1-2H3,(H,18,20). The van der Waals surface area contributed by atoms with Gasteiger partial charge in [-0.25, -0.2) is 0 Å². The lowest BCUT2D eigenvalue weighted by atomic mass is 9.86. The first-order chi connectivity index (χ1) is 10.1. The lowest BCUT2D eigenvalue weighted by molar-refractivity contribution is -0.158. The molecule has 2 aliphatic carbocycles. The van der Waals surface area contributed by atoms with Gasteiger partial charge in [-0.1, -0.05) is 39.0 Å². The van der Waals surface area contributed by atoms with Crippen molar-refractivity contribution in [3.8, 4) is 0 Å². The molecule has 1 N–H and O–H groups in total. The Morgan fingerprint density at radius 1 is 1.00 bits per heavy atom. The van der Waals surface area contributed by atoms with Crippen molar-refractivity contribution in [2.75, 3.05) is 0 Å². The van der Waals surface area contributed by atoms with E-state index in [0.29, 0.717) is 5.92 Å². The van der Waals surface area contributed by atoms with E-state index in [-0.39, 0.29) is 23.9 Å². The van der Waals surface area contributed by atoms with E-state index in [1.54, 1.807) is 0 Å². The van der Waals surface area contributed by atoms with Crippen molar-refractivity contribution in [3.63, 3.8) is 0 Å². The monoisotopic (exact) mass is 292 g/mol. The zero-order valence-corrected chi connectivity index (χ0v) is 13.4. The molecule has 0 aromatic rings. The van der Waals surface area contributed by atoms with Crippen molar-refractivity contribution >= 4 is 11.8 Å². The van der Waals surface area contributed by atoms with E-state index in [1.807, 2.05) is 11.8 Å². The fourth-order valence-corrected chi connectivity index (χ4v) is 4.59. The molecule has 4 nitrogen and oxygen atoms in total. The molecule has 3 atom stereocenters. The van der Waals surface area contributed by atoms with E-state index in [0.717, 1.165) is 32.1 Å². The Morgan fingerprint density at radius 3 is 2.38 bits per heavy atom. The van der Waals surface area contributed by atoms with Crippen LogP contribution in [0.25, 0.3) is 0 Å². The molecular weight excluding hydrogens is 264 g/mol. The molecule has 0 bridgehead atoms. The predicted octanol–water partition coefficient (Wildman–Crippen LogP) is 2.61. The summed E-state index contributed by atoms with van der Waals surface area (Å²) in [6.07, 6.45) is 9.67. The van der Waals surface area contributed by atoms with E-state index in [2.05, 4.69) is 12.2 Å². The third-order valence-electron chi connectivity index (χ3n) is 5.93. The molecule has 21 heavy (non-hydrogen) atoms. The third kappa shape index (κ3) is 2.47. The van der Waals surface area contributed by atoms with Gasteiger partial charge in [0, 0.05) is 6.04 Å². The van der Waals surface area contributed by atoms with Crippen LogP contribution in [-0.4, -0.2) is 34.3 Å². The predicted molar refractivity (Wildman–Crippen MR) is 81.7 cm³/mol. The lowest BCUT2D eigenvalue weighted by Crippen LogP contribution is -2.71. The zero-order chi connectivity index (χ0) is 15.0. The minimum atomic E-state index is -0.574. The van der Waals surface area contributed by atoms with Crippen molar-refractivity contribution < 1.29 is 9.59 Å². The Labute approximate surface area is 127 Å². The molecule has 0 radical (unpaired) electrons. The van der Waals surface area contributed by atoms with E-state index >= 15 is 0 Å². The quantitative estimate of drug-likeness (QED) is 0.755. The molecular formula is C17H28N2O2. The number of carbonyl (C=O) groups excluding carboxylic acids is 2. The first kappa shape index (κ1) is 14.9. The van der Waals surface area contributed by atoms with Gasteiger partial charge in [0.2, 0.25) is 11.8 Å². The number of nitrogens with zero attached hydrogens (tertiary/aromatic N) is 1. The molecule has 3 rings (SSSR count). The van der Waals surface area contributed by atoms with Crippen LogP contribution >= 0.6 is 0 Å². The summed E-state index contributed by atoms with van der Waals surface area (Å²) in [5, 5.41) is 3.06. The van der Waals surface area contributed by atoms with Crippen LogP contribution in [0.3, 0.4) is 0 Å². The van der Waals surface area contributed by atoms with Crippen molar-refractivity contribution in [2.45, 2.75) is 89.3 Å². The Kier molecular flexibility index (Phi) is 3.98. The maximum Gasteiger partial charge on any atom is 0.249 e. The molecule has 1 spiro atoms. The summed E-state index contributed by atoms with van der Waals surface area (Å²) < 4.78 is 0. The minimum Gasteiger partial charge on any atom is -0.340 e. The average molecular weight is 292 g/mol. The van der Waals surface area contributed by atoms with Crippen molar-refractivity contribution in [1.82, 2.24) is 10.2 Å². The topological polar surface area (TPSA) is 49.4 Å². The number of rotatable bonds is 1. The number of hydrogen-bond donors (Lipinski definition) is 1. The number of nitrogens with one attached hydrogen (secondary N) is 1. The van der Waals surface area contributed by atoms with E-state index in [9.17, 15) is 9.59 Å². The average Bonchev–Trinajstić information content (AvgIpc) is 2.82. The van der Waals surface area contributed by atoms with Crippen molar-refractivity contribution in [2.24, 2.45) is 5.92 Å². The first-order valence-electron chi connectivity index (χ1n) is 8.70. The maximum absolute atomic E-state index is 13.2. The third-order valence-corrected chi connectivity index (χ3v) is 5.93. The minimum absolute atomic E-state index is 0.0490. The second kappa shape index (κ2) is 5.62. The van der Waals surface area contributed by atoms with Gasteiger partial charge in [0.15, 0.2) is 0 Å². The largest absolute Gasteiger partial charge is 0.340 e. The Hall–Kier alpha value is -1.06.